The van der Waals surface area contributed by atoms with Crippen molar-refractivity contribution >= 4 is 34.5 Å². The Hall–Kier alpha value is -3.06. The Bertz CT molecular complexity index is 984. The summed E-state index contributed by atoms with van der Waals surface area (Å²) in [7, 11) is 0. The van der Waals surface area contributed by atoms with E-state index in [1.165, 1.54) is 19.2 Å². The standard InChI is InChI=1S/C19H16FN3O2S/c1-11-7-8-13(22-12(2)24)9-16(11)23-18(25)17-10-21-19(26-17)14-5-3-4-6-15(14)20/h3-10H,1-2H3,(H,22,24)(H,23,25). The number of aromatic nitrogens is 1. The number of thiazole rings is 1. The van der Waals surface area contributed by atoms with E-state index in [1.54, 1.807) is 36.4 Å². The Morgan fingerprint density at radius 2 is 1.88 bits per heavy atom. The van der Waals surface area contributed by atoms with E-state index >= 15 is 0 Å². The number of rotatable bonds is 4. The number of carbonyl (C=O) groups is 2. The number of carbonyl (C=O) groups excluding carboxylic acids is 2. The number of aryl methyl sites for hydroxylation is 1. The van der Waals surface area contributed by atoms with Gasteiger partial charge in [-0.25, -0.2) is 9.37 Å². The van der Waals surface area contributed by atoms with Gasteiger partial charge in [0.25, 0.3) is 5.91 Å². The van der Waals surface area contributed by atoms with E-state index in [0.717, 1.165) is 16.9 Å². The molecule has 0 unspecified atom stereocenters. The molecule has 0 spiro atoms. The highest BCUT2D eigenvalue weighted by atomic mass is 32.1. The molecule has 1 aromatic heterocycles. The summed E-state index contributed by atoms with van der Waals surface area (Å²) in [6, 6.07) is 11.5. The molecular weight excluding hydrogens is 353 g/mol. The quantitative estimate of drug-likeness (QED) is 0.713. The first-order valence-electron chi connectivity index (χ1n) is 7.84. The first-order chi connectivity index (χ1) is 12.4. The van der Waals surface area contributed by atoms with E-state index in [2.05, 4.69) is 15.6 Å². The monoisotopic (exact) mass is 369 g/mol. The fourth-order valence-electron chi connectivity index (χ4n) is 2.36. The molecule has 3 aromatic rings. The Kier molecular flexibility index (Phi) is 5.09. The van der Waals surface area contributed by atoms with Gasteiger partial charge in [0.05, 0.1) is 6.20 Å². The van der Waals surface area contributed by atoms with Crippen LogP contribution in [0, 0.1) is 12.7 Å². The van der Waals surface area contributed by atoms with Crippen LogP contribution in [0.25, 0.3) is 10.6 Å². The van der Waals surface area contributed by atoms with Crippen LogP contribution in [0.2, 0.25) is 0 Å². The Morgan fingerprint density at radius 3 is 2.62 bits per heavy atom. The number of halogens is 1. The fraction of sp³-hybridized carbons (Fsp3) is 0.105. The maximum Gasteiger partial charge on any atom is 0.267 e. The molecule has 3 rings (SSSR count). The molecule has 7 heteroatoms. The van der Waals surface area contributed by atoms with Crippen molar-refractivity contribution in [1.82, 2.24) is 4.98 Å². The summed E-state index contributed by atoms with van der Waals surface area (Å²) in [6.45, 7) is 3.27. The molecule has 2 amide bonds. The van der Waals surface area contributed by atoms with Crippen LogP contribution in [0.1, 0.15) is 22.2 Å². The molecule has 0 atom stereocenters. The lowest BCUT2D eigenvalue weighted by Gasteiger charge is -2.10. The van der Waals surface area contributed by atoms with Gasteiger partial charge in [-0.2, -0.15) is 0 Å². The van der Waals surface area contributed by atoms with Crippen molar-refractivity contribution in [3.63, 3.8) is 0 Å². The van der Waals surface area contributed by atoms with Gasteiger partial charge in [0, 0.05) is 23.9 Å². The highest BCUT2D eigenvalue weighted by Gasteiger charge is 2.15. The highest BCUT2D eigenvalue weighted by Crippen LogP contribution is 2.28. The molecule has 0 bridgehead atoms. The molecule has 132 valence electrons. The van der Waals surface area contributed by atoms with Gasteiger partial charge in [-0.3, -0.25) is 9.59 Å². The van der Waals surface area contributed by atoms with Crippen molar-refractivity contribution in [1.29, 1.82) is 0 Å². The number of anilines is 2. The third-order valence-corrected chi connectivity index (χ3v) is 4.67. The summed E-state index contributed by atoms with van der Waals surface area (Å²) in [5, 5.41) is 5.92. The summed E-state index contributed by atoms with van der Waals surface area (Å²) < 4.78 is 13.9. The molecule has 0 radical (unpaired) electrons. The minimum Gasteiger partial charge on any atom is -0.326 e. The second kappa shape index (κ2) is 7.45. The molecule has 2 N–H and O–H groups in total. The zero-order valence-corrected chi connectivity index (χ0v) is 15.0. The lowest BCUT2D eigenvalue weighted by Crippen LogP contribution is -2.12. The molecule has 0 saturated heterocycles. The van der Waals surface area contributed by atoms with E-state index in [0.29, 0.717) is 26.8 Å². The van der Waals surface area contributed by atoms with E-state index in [4.69, 9.17) is 0 Å². The van der Waals surface area contributed by atoms with Gasteiger partial charge in [-0.1, -0.05) is 18.2 Å². The summed E-state index contributed by atoms with van der Waals surface area (Å²) in [6.07, 6.45) is 1.43. The van der Waals surface area contributed by atoms with Crippen LogP contribution in [0.4, 0.5) is 15.8 Å². The Morgan fingerprint density at radius 1 is 1.12 bits per heavy atom. The van der Waals surface area contributed by atoms with Crippen molar-refractivity contribution in [2.45, 2.75) is 13.8 Å². The third-order valence-electron chi connectivity index (χ3n) is 3.64. The van der Waals surface area contributed by atoms with Crippen LogP contribution in [0.3, 0.4) is 0 Å². The summed E-state index contributed by atoms with van der Waals surface area (Å²) >= 11 is 1.12. The number of nitrogens with one attached hydrogen (secondary N) is 2. The van der Waals surface area contributed by atoms with Crippen LogP contribution in [-0.2, 0) is 4.79 Å². The molecule has 0 aliphatic heterocycles. The van der Waals surface area contributed by atoms with E-state index in [-0.39, 0.29) is 17.6 Å². The molecule has 26 heavy (non-hydrogen) atoms. The van der Waals surface area contributed by atoms with Crippen molar-refractivity contribution in [3.05, 3.63) is 64.9 Å². The van der Waals surface area contributed by atoms with Crippen molar-refractivity contribution in [2.24, 2.45) is 0 Å². The van der Waals surface area contributed by atoms with Crippen LogP contribution in [-0.4, -0.2) is 16.8 Å². The van der Waals surface area contributed by atoms with Gasteiger partial charge in [-0.05, 0) is 36.8 Å². The summed E-state index contributed by atoms with van der Waals surface area (Å²) in [4.78, 5) is 28.2. The maximum absolute atomic E-state index is 13.9. The molecule has 0 aliphatic rings. The molecule has 0 aliphatic carbocycles. The predicted molar refractivity (Wildman–Crippen MR) is 101 cm³/mol. The van der Waals surface area contributed by atoms with Gasteiger partial charge in [0.15, 0.2) is 0 Å². The van der Waals surface area contributed by atoms with Crippen molar-refractivity contribution < 1.29 is 14.0 Å². The van der Waals surface area contributed by atoms with Crippen molar-refractivity contribution in [3.8, 4) is 10.6 Å². The van der Waals surface area contributed by atoms with E-state index in [9.17, 15) is 14.0 Å². The topological polar surface area (TPSA) is 71.1 Å². The average Bonchev–Trinajstić information content (AvgIpc) is 3.08. The van der Waals surface area contributed by atoms with Gasteiger partial charge >= 0.3 is 0 Å². The molecular formula is C19H16FN3O2S. The lowest BCUT2D eigenvalue weighted by atomic mass is 10.1. The van der Waals surface area contributed by atoms with Gasteiger partial charge in [0.2, 0.25) is 5.91 Å². The van der Waals surface area contributed by atoms with Gasteiger partial charge in [-0.15, -0.1) is 11.3 Å². The minimum absolute atomic E-state index is 0.192. The zero-order chi connectivity index (χ0) is 18.7. The number of hydrogen-bond donors (Lipinski definition) is 2. The second-order valence-corrected chi connectivity index (χ2v) is 6.71. The number of benzene rings is 2. The summed E-state index contributed by atoms with van der Waals surface area (Å²) in [5.74, 6) is -0.913. The van der Waals surface area contributed by atoms with Crippen LogP contribution in [0.5, 0.6) is 0 Å². The maximum atomic E-state index is 13.9. The van der Waals surface area contributed by atoms with Crippen LogP contribution in [0.15, 0.2) is 48.7 Å². The van der Waals surface area contributed by atoms with Gasteiger partial charge in [0.1, 0.15) is 15.7 Å². The summed E-state index contributed by atoms with van der Waals surface area (Å²) in [5.41, 5.74) is 2.39. The number of hydrogen-bond acceptors (Lipinski definition) is 4. The van der Waals surface area contributed by atoms with Crippen LogP contribution >= 0.6 is 11.3 Å². The second-order valence-electron chi connectivity index (χ2n) is 5.67. The first kappa shape index (κ1) is 17.8. The zero-order valence-electron chi connectivity index (χ0n) is 14.2. The van der Waals surface area contributed by atoms with Crippen LogP contribution < -0.4 is 10.6 Å². The minimum atomic E-state index is -0.382. The number of amides is 2. The Balaban J connectivity index is 1.81. The predicted octanol–water partition coefficient (Wildman–Crippen LogP) is 4.47. The largest absolute Gasteiger partial charge is 0.326 e. The van der Waals surface area contributed by atoms with Crippen molar-refractivity contribution in [2.75, 3.05) is 10.6 Å². The molecule has 0 fully saturated rings. The SMILES string of the molecule is CC(=O)Nc1ccc(C)c(NC(=O)c2cnc(-c3ccccc3F)s2)c1. The van der Waals surface area contributed by atoms with Gasteiger partial charge < -0.3 is 10.6 Å². The molecule has 2 aromatic carbocycles. The molecule has 0 saturated carbocycles. The third kappa shape index (κ3) is 3.94. The van der Waals surface area contributed by atoms with E-state index < -0.39 is 0 Å². The fourth-order valence-corrected chi connectivity index (χ4v) is 3.20. The Labute approximate surface area is 153 Å². The smallest absolute Gasteiger partial charge is 0.267 e. The van der Waals surface area contributed by atoms with E-state index in [1.807, 2.05) is 6.92 Å². The molecule has 5 nitrogen and oxygen atoms in total. The average molecular weight is 369 g/mol. The number of nitrogens with zero attached hydrogens (tertiary/aromatic N) is 1. The molecule has 1 heterocycles. The first-order valence-corrected chi connectivity index (χ1v) is 8.66. The normalized spacial score (nSPS) is 10.4. The lowest BCUT2D eigenvalue weighted by molar-refractivity contribution is -0.114. The highest BCUT2D eigenvalue weighted by molar-refractivity contribution is 7.17.